The van der Waals surface area contributed by atoms with E-state index in [4.69, 9.17) is 16.3 Å². The van der Waals surface area contributed by atoms with Crippen LogP contribution in [-0.2, 0) is 16.4 Å². The fourth-order valence-electron chi connectivity index (χ4n) is 4.36. The number of benzene rings is 1. The van der Waals surface area contributed by atoms with Crippen LogP contribution in [0.15, 0.2) is 41.4 Å². The predicted octanol–water partition coefficient (Wildman–Crippen LogP) is 2.43. The number of halogens is 1. The minimum absolute atomic E-state index is 0.329. The molecule has 2 aromatic rings. The Morgan fingerprint density at radius 3 is 2.56 bits per heavy atom. The zero-order valence-corrected chi connectivity index (χ0v) is 16.3. The van der Waals surface area contributed by atoms with Crippen molar-refractivity contribution in [1.29, 1.82) is 0 Å². The Morgan fingerprint density at radius 1 is 1.07 bits per heavy atom. The molecule has 1 aromatic heterocycles. The summed E-state index contributed by atoms with van der Waals surface area (Å²) in [4.78, 5) is 6.99. The van der Waals surface area contributed by atoms with Crippen LogP contribution in [0, 0.1) is 11.8 Å². The van der Waals surface area contributed by atoms with Crippen LogP contribution in [-0.4, -0.2) is 50.5 Å². The van der Waals surface area contributed by atoms with Crippen molar-refractivity contribution >= 4 is 27.4 Å². The summed E-state index contributed by atoms with van der Waals surface area (Å²) in [5.41, 5.74) is 0.982. The molecule has 142 valence electrons. The van der Waals surface area contributed by atoms with Gasteiger partial charge in [0, 0.05) is 38.8 Å². The van der Waals surface area contributed by atoms with E-state index >= 15 is 0 Å². The maximum atomic E-state index is 13.1. The molecule has 4 heterocycles. The van der Waals surface area contributed by atoms with Gasteiger partial charge < -0.3 is 9.64 Å². The molecule has 6 nitrogen and oxygen atoms in total. The summed E-state index contributed by atoms with van der Waals surface area (Å²) in [6.45, 7) is 3.39. The third-order valence-corrected chi connectivity index (χ3v) is 7.84. The van der Waals surface area contributed by atoms with E-state index in [-0.39, 0.29) is 0 Å². The van der Waals surface area contributed by atoms with Gasteiger partial charge in [-0.1, -0.05) is 11.6 Å². The van der Waals surface area contributed by atoms with Gasteiger partial charge in [-0.2, -0.15) is 4.31 Å². The maximum absolute atomic E-state index is 13.1. The second kappa shape index (κ2) is 6.36. The van der Waals surface area contributed by atoms with E-state index in [0.717, 1.165) is 36.6 Å². The Balaban J connectivity index is 1.31. The number of hydrogen-bond donors (Lipinski definition) is 0. The summed E-state index contributed by atoms with van der Waals surface area (Å²) in [7, 11) is -3.46. The summed E-state index contributed by atoms with van der Waals surface area (Å²) in [6, 6.07) is 8.98. The van der Waals surface area contributed by atoms with Gasteiger partial charge in [0.1, 0.15) is 11.6 Å². The standard InChI is InChI=1S/C19H20ClN3O3S/c20-16-1-4-19(21-8-16)22-9-14-11-23(12-15(14)10-22)27(24,25)17-2-3-18-13(7-17)5-6-26-18/h1-4,7-8,14-15H,5-6,9-12H2. The van der Waals surface area contributed by atoms with Gasteiger partial charge in [0.25, 0.3) is 0 Å². The van der Waals surface area contributed by atoms with Crippen LogP contribution in [0.4, 0.5) is 5.82 Å². The lowest BCUT2D eigenvalue weighted by atomic mass is 10.0. The number of hydrogen-bond acceptors (Lipinski definition) is 5. The molecule has 0 saturated carbocycles. The van der Waals surface area contributed by atoms with Crippen LogP contribution >= 0.6 is 11.6 Å². The largest absolute Gasteiger partial charge is 0.493 e. The van der Waals surface area contributed by atoms with E-state index in [9.17, 15) is 8.42 Å². The zero-order chi connectivity index (χ0) is 18.6. The quantitative estimate of drug-likeness (QED) is 0.784. The second-order valence-corrected chi connectivity index (χ2v) is 9.82. The molecule has 0 amide bonds. The number of sulfonamides is 1. The lowest BCUT2D eigenvalue weighted by Crippen LogP contribution is -2.33. The molecule has 2 unspecified atom stereocenters. The molecular weight excluding hydrogens is 386 g/mol. The number of aromatic nitrogens is 1. The fraction of sp³-hybridized carbons (Fsp3) is 0.421. The molecule has 2 saturated heterocycles. The van der Waals surface area contributed by atoms with Gasteiger partial charge in [-0.25, -0.2) is 13.4 Å². The van der Waals surface area contributed by atoms with Gasteiger partial charge >= 0.3 is 0 Å². The monoisotopic (exact) mass is 405 g/mol. The zero-order valence-electron chi connectivity index (χ0n) is 14.7. The molecule has 3 aliphatic heterocycles. The lowest BCUT2D eigenvalue weighted by molar-refractivity contribution is 0.356. The minimum atomic E-state index is -3.46. The molecule has 0 aliphatic carbocycles. The van der Waals surface area contributed by atoms with Gasteiger partial charge in [-0.15, -0.1) is 0 Å². The van der Waals surface area contributed by atoms with Crippen molar-refractivity contribution in [2.75, 3.05) is 37.7 Å². The van der Waals surface area contributed by atoms with Gasteiger partial charge in [0.2, 0.25) is 10.0 Å². The van der Waals surface area contributed by atoms with Crippen LogP contribution in [0.5, 0.6) is 5.75 Å². The van der Waals surface area contributed by atoms with Crippen molar-refractivity contribution in [3.63, 3.8) is 0 Å². The number of anilines is 1. The van der Waals surface area contributed by atoms with Crippen LogP contribution in [0.3, 0.4) is 0 Å². The molecule has 0 spiro atoms. The summed E-state index contributed by atoms with van der Waals surface area (Å²) in [5, 5.41) is 0.621. The lowest BCUT2D eigenvalue weighted by Gasteiger charge is -2.22. The minimum Gasteiger partial charge on any atom is -0.493 e. The predicted molar refractivity (Wildman–Crippen MR) is 103 cm³/mol. The fourth-order valence-corrected chi connectivity index (χ4v) is 6.08. The number of nitrogens with zero attached hydrogens (tertiary/aromatic N) is 3. The number of fused-ring (bicyclic) bond motifs is 2. The van der Waals surface area contributed by atoms with Gasteiger partial charge in [0.05, 0.1) is 16.5 Å². The molecule has 3 aliphatic rings. The smallest absolute Gasteiger partial charge is 0.243 e. The SMILES string of the molecule is O=S(=O)(c1ccc2c(c1)CCO2)N1CC2CN(c3ccc(Cl)cn3)CC2C1. The topological polar surface area (TPSA) is 62.7 Å². The number of ether oxygens (including phenoxy) is 1. The molecule has 2 atom stereocenters. The van der Waals surface area contributed by atoms with E-state index in [1.54, 1.807) is 28.7 Å². The highest BCUT2D eigenvalue weighted by molar-refractivity contribution is 7.89. The Labute approximate surface area is 163 Å². The highest BCUT2D eigenvalue weighted by Crippen LogP contribution is 2.37. The molecule has 0 bridgehead atoms. The van der Waals surface area contributed by atoms with Gasteiger partial charge in [0.15, 0.2) is 0 Å². The first kappa shape index (κ1) is 17.3. The van der Waals surface area contributed by atoms with Crippen LogP contribution in [0.25, 0.3) is 0 Å². The summed E-state index contributed by atoms with van der Waals surface area (Å²) in [5.74, 6) is 2.37. The Bertz CT molecular complexity index is 966. The van der Waals surface area contributed by atoms with Crippen molar-refractivity contribution in [2.45, 2.75) is 11.3 Å². The first-order valence-corrected chi connectivity index (χ1v) is 10.9. The molecule has 8 heteroatoms. The second-order valence-electron chi connectivity index (χ2n) is 7.45. The third kappa shape index (κ3) is 2.98. The Kier molecular flexibility index (Phi) is 4.07. The van der Waals surface area contributed by atoms with Crippen molar-refractivity contribution in [3.05, 3.63) is 47.1 Å². The summed E-state index contributed by atoms with van der Waals surface area (Å²) < 4.78 is 33.3. The van der Waals surface area contributed by atoms with Gasteiger partial charge in [-0.05, 0) is 47.7 Å². The highest BCUT2D eigenvalue weighted by Gasteiger charge is 2.44. The van der Waals surface area contributed by atoms with Crippen molar-refractivity contribution in [3.8, 4) is 5.75 Å². The van der Waals surface area contributed by atoms with Crippen molar-refractivity contribution in [2.24, 2.45) is 11.8 Å². The molecule has 5 rings (SSSR count). The summed E-state index contributed by atoms with van der Waals surface area (Å²) in [6.07, 6.45) is 2.42. The molecule has 0 N–H and O–H groups in total. The van der Waals surface area contributed by atoms with E-state index in [2.05, 4.69) is 9.88 Å². The number of rotatable bonds is 3. The van der Waals surface area contributed by atoms with Crippen molar-refractivity contribution in [1.82, 2.24) is 9.29 Å². The average Bonchev–Trinajstić information content (AvgIpc) is 3.36. The van der Waals surface area contributed by atoms with E-state index in [1.165, 1.54) is 0 Å². The first-order valence-electron chi connectivity index (χ1n) is 9.13. The third-order valence-electron chi connectivity index (χ3n) is 5.79. The Morgan fingerprint density at radius 2 is 1.85 bits per heavy atom. The van der Waals surface area contributed by atoms with E-state index in [1.807, 2.05) is 12.1 Å². The van der Waals surface area contributed by atoms with E-state index < -0.39 is 10.0 Å². The Hall–Kier alpha value is -1.83. The van der Waals surface area contributed by atoms with Crippen LogP contribution in [0.1, 0.15) is 5.56 Å². The molecule has 1 aromatic carbocycles. The average molecular weight is 406 g/mol. The van der Waals surface area contributed by atoms with Crippen LogP contribution in [0.2, 0.25) is 5.02 Å². The molecule has 27 heavy (non-hydrogen) atoms. The maximum Gasteiger partial charge on any atom is 0.243 e. The number of pyridine rings is 1. The van der Waals surface area contributed by atoms with Crippen LogP contribution < -0.4 is 9.64 Å². The molecule has 0 radical (unpaired) electrons. The first-order chi connectivity index (χ1) is 13.0. The van der Waals surface area contributed by atoms with Gasteiger partial charge in [-0.3, -0.25) is 0 Å². The highest BCUT2D eigenvalue weighted by atomic mass is 35.5. The molecule has 2 fully saturated rings. The van der Waals surface area contributed by atoms with E-state index in [0.29, 0.717) is 41.5 Å². The molecular formula is C19H20ClN3O3S. The van der Waals surface area contributed by atoms with Crippen molar-refractivity contribution < 1.29 is 13.2 Å². The summed E-state index contributed by atoms with van der Waals surface area (Å²) >= 11 is 5.91. The normalized spacial score (nSPS) is 24.7.